The van der Waals surface area contributed by atoms with Crippen LogP contribution in [0.1, 0.15) is 199 Å². The summed E-state index contributed by atoms with van der Waals surface area (Å²) in [5, 5.41) is 0. The molecule has 0 saturated heterocycles. The molecular formula is C51H128O23. The zero-order valence-corrected chi connectivity index (χ0v) is 38.4. The minimum Gasteiger partial charge on any atom is -0.469 e. The van der Waals surface area contributed by atoms with Crippen molar-refractivity contribution in [3.05, 3.63) is 0 Å². The molecule has 0 unspecified atom stereocenters. The summed E-state index contributed by atoms with van der Waals surface area (Å²) in [6.07, 6.45) is 1.10. The summed E-state index contributed by atoms with van der Waals surface area (Å²) in [4.78, 5) is 107. The summed E-state index contributed by atoms with van der Waals surface area (Å²) in [6, 6.07) is 0. The van der Waals surface area contributed by atoms with Crippen LogP contribution in [0.2, 0.25) is 0 Å². The van der Waals surface area contributed by atoms with Crippen molar-refractivity contribution in [3.8, 4) is 0 Å². The van der Waals surface area contributed by atoms with Crippen molar-refractivity contribution < 1.29 is 110 Å². The summed E-state index contributed by atoms with van der Waals surface area (Å²) in [5.41, 5.74) is 0. The van der Waals surface area contributed by atoms with E-state index in [4.69, 9.17) is 14.3 Å². The van der Waals surface area contributed by atoms with Crippen LogP contribution in [0.15, 0.2) is 0 Å². The molecule has 0 aromatic carbocycles. The molecule has 0 aliphatic rings. The first-order valence-corrected chi connectivity index (χ1v) is 17.3. The Morgan fingerprint density at radius 3 is 0.568 bits per heavy atom. The zero-order valence-electron chi connectivity index (χ0n) is 38.4. The van der Waals surface area contributed by atoms with Crippen molar-refractivity contribution in [2.75, 3.05) is 82.9 Å². The van der Waals surface area contributed by atoms with Gasteiger partial charge in [-0.05, 0) is 20.8 Å². The fourth-order valence-electron chi connectivity index (χ4n) is 1.50. The summed E-state index contributed by atoms with van der Waals surface area (Å²) in [6.45, 7) is 22.8. The van der Waals surface area contributed by atoms with Gasteiger partial charge >= 0.3 is 53.7 Å². The Morgan fingerprint density at radius 1 is 0.311 bits per heavy atom. The van der Waals surface area contributed by atoms with Gasteiger partial charge in [0, 0.05) is 61.5 Å². The summed E-state index contributed by atoms with van der Waals surface area (Å²) in [5.74, 6) is -4.30. The zero-order chi connectivity index (χ0) is 49.8. The van der Waals surface area contributed by atoms with Gasteiger partial charge in [-0.15, -0.1) is 0 Å². The van der Waals surface area contributed by atoms with Gasteiger partial charge in [-0.1, -0.05) is 131 Å². The van der Waals surface area contributed by atoms with E-state index in [2.05, 4.69) is 66.0 Å². The maximum atomic E-state index is 10.3. The number of hydrogen-bond donors (Lipinski definition) is 0. The van der Waals surface area contributed by atoms with E-state index in [1.54, 1.807) is 28.1 Å². The van der Waals surface area contributed by atoms with Crippen LogP contribution in [0.3, 0.4) is 0 Å². The lowest BCUT2D eigenvalue weighted by Gasteiger charge is -1.99. The summed E-state index contributed by atoms with van der Waals surface area (Å²) in [7, 11) is 8.03. The molecule has 0 bridgehead atoms. The smallest absolute Gasteiger partial charge is 0.316 e. The van der Waals surface area contributed by atoms with Crippen molar-refractivity contribution in [1.82, 2.24) is 0 Å². The van der Waals surface area contributed by atoms with Gasteiger partial charge in [0.2, 0.25) is 13.6 Å². The van der Waals surface area contributed by atoms with E-state index in [9.17, 15) is 43.2 Å². The molecule has 0 fully saturated rings. The minimum absolute atomic E-state index is 0. The molecule has 470 valence electrons. The van der Waals surface area contributed by atoms with E-state index in [1.807, 2.05) is 27.4 Å². The molecule has 0 radical (unpaired) electrons. The standard InChI is InChI=1S/4C5H8O4.C5H10O2.C4H10O.C3H8O2.C3H8.2CH2O.14CH4/c2*1-8-4(6)3-5(7)9-2;2*1-4(6)8-3-9-5(2)7;1-3-5(6)7-4-2;1-3-5-4-2;1-4-3-5-2;1-3-2;2*1-2;;;;;;;;;;;;;;/h4*3H2,1-2H3;3-4H2,1-2H3;3-4H2,1-2H3;3H2,1-2H3;3H2,1-2H3;2*1H2;14*1H4. The number of ether oxygens (including phenoxy) is 12. The number of carbonyl (C=O) groups excluding carboxylic acids is 11. The van der Waals surface area contributed by atoms with Crippen LogP contribution in [0.5, 0.6) is 0 Å². The van der Waals surface area contributed by atoms with Crippen molar-refractivity contribution in [1.29, 1.82) is 0 Å². The molecule has 23 nitrogen and oxygen atoms in total. The van der Waals surface area contributed by atoms with E-state index in [-0.39, 0.29) is 136 Å². The lowest BCUT2D eigenvalue weighted by atomic mass is 10.4. The number of methoxy groups -OCH3 is 6. The Hall–Kier alpha value is -5.55. The predicted molar refractivity (Wildman–Crippen MR) is 307 cm³/mol. The maximum absolute atomic E-state index is 10.3. The molecular weight excluding hydrogens is 981 g/mol. The van der Waals surface area contributed by atoms with Crippen molar-refractivity contribution >= 4 is 67.3 Å². The lowest BCUT2D eigenvalue weighted by molar-refractivity contribution is -0.165. The SMILES string of the molecule is C.C.C.C.C.C.C.C.C.C.C.C.C.C.C=O.C=O.CC(=O)OCOC(C)=O.CC(=O)OCOC(C)=O.CCC.CCOC(=O)CC.CCOCC.COC(=O)CC(=O)OC.COC(=O)CC(=O)OC.COCOC. The third-order valence-corrected chi connectivity index (χ3v) is 3.77. The molecule has 0 rings (SSSR count). The van der Waals surface area contributed by atoms with Gasteiger partial charge in [-0.25, -0.2) is 0 Å². The molecule has 0 saturated carbocycles. The van der Waals surface area contributed by atoms with Crippen LogP contribution in [0.25, 0.3) is 0 Å². The highest BCUT2D eigenvalue weighted by atomic mass is 16.7. The van der Waals surface area contributed by atoms with Crippen LogP contribution in [-0.2, 0) is 110 Å². The average molecular weight is 1110 g/mol. The van der Waals surface area contributed by atoms with Crippen LogP contribution < -0.4 is 0 Å². The third-order valence-electron chi connectivity index (χ3n) is 3.77. The number of carbonyl (C=O) groups is 11. The van der Waals surface area contributed by atoms with E-state index in [0.29, 0.717) is 19.8 Å². The van der Waals surface area contributed by atoms with Gasteiger partial charge in [-0.2, -0.15) is 0 Å². The van der Waals surface area contributed by atoms with Gasteiger partial charge in [0.05, 0.1) is 35.0 Å². The van der Waals surface area contributed by atoms with Crippen molar-refractivity contribution in [3.63, 3.8) is 0 Å². The summed E-state index contributed by atoms with van der Waals surface area (Å²) >= 11 is 0. The Bertz CT molecular complexity index is 883. The van der Waals surface area contributed by atoms with Gasteiger partial charge in [0.15, 0.2) is 0 Å². The molecule has 0 aliphatic carbocycles. The Morgan fingerprint density at radius 2 is 0.500 bits per heavy atom. The first kappa shape index (κ1) is 158. The van der Waals surface area contributed by atoms with Crippen LogP contribution in [0, 0.1) is 0 Å². The first-order chi connectivity index (χ1) is 28.2. The topological polar surface area (TPSA) is 299 Å². The highest BCUT2D eigenvalue weighted by Gasteiger charge is 2.08. The molecule has 0 N–H and O–H groups in total. The highest BCUT2D eigenvalue weighted by Crippen LogP contribution is 1.87. The second-order valence-electron chi connectivity index (χ2n) is 8.78. The monoisotopic (exact) mass is 1110 g/mol. The van der Waals surface area contributed by atoms with E-state index in [1.165, 1.54) is 62.6 Å². The van der Waals surface area contributed by atoms with Crippen molar-refractivity contribution in [2.24, 2.45) is 0 Å². The fourth-order valence-corrected chi connectivity index (χ4v) is 1.50. The molecule has 74 heavy (non-hydrogen) atoms. The normalized spacial score (nSPS) is 6.27. The Kier molecular flexibility index (Phi) is 336. The molecule has 0 amide bonds. The molecule has 0 aromatic heterocycles. The highest BCUT2D eigenvalue weighted by molar-refractivity contribution is 5.91. The van der Waals surface area contributed by atoms with E-state index < -0.39 is 47.8 Å². The maximum Gasteiger partial charge on any atom is 0.316 e. The van der Waals surface area contributed by atoms with Gasteiger partial charge < -0.3 is 66.4 Å². The quantitative estimate of drug-likeness (QED) is 0.0675. The average Bonchev–Trinajstić information content (AvgIpc) is 3.21. The van der Waals surface area contributed by atoms with E-state index >= 15 is 0 Å². The molecule has 0 aromatic rings. The molecule has 23 heteroatoms. The molecule has 0 atom stereocenters. The van der Waals surface area contributed by atoms with Crippen molar-refractivity contribution in [2.45, 2.75) is 199 Å². The second-order valence-corrected chi connectivity index (χ2v) is 8.78. The number of hydrogen-bond acceptors (Lipinski definition) is 23. The first-order valence-electron chi connectivity index (χ1n) is 17.3. The fraction of sp³-hybridized carbons (Fsp3) is 0.784. The predicted octanol–water partition coefficient (Wildman–Crippen LogP) is 11.8. The van der Waals surface area contributed by atoms with Gasteiger partial charge in [0.1, 0.15) is 33.2 Å². The molecule has 0 spiro atoms. The molecule has 0 heterocycles. The number of rotatable bonds is 14. The van der Waals surface area contributed by atoms with Gasteiger partial charge in [0.25, 0.3) is 0 Å². The van der Waals surface area contributed by atoms with Crippen LogP contribution in [0.4, 0.5) is 0 Å². The Labute approximate surface area is 457 Å². The third kappa shape index (κ3) is 288. The van der Waals surface area contributed by atoms with Crippen LogP contribution in [-0.4, -0.2) is 150 Å². The van der Waals surface area contributed by atoms with Gasteiger partial charge in [-0.3, -0.25) is 43.2 Å². The van der Waals surface area contributed by atoms with Crippen LogP contribution >= 0.6 is 0 Å². The lowest BCUT2D eigenvalue weighted by Crippen LogP contribution is -2.09. The largest absolute Gasteiger partial charge is 0.469 e. The number of esters is 9. The molecule has 0 aliphatic heterocycles. The minimum atomic E-state index is -0.582. The Balaban J connectivity index is -0.0000000171. The van der Waals surface area contributed by atoms with E-state index in [0.717, 1.165) is 13.2 Å². The second kappa shape index (κ2) is 158. The summed E-state index contributed by atoms with van der Waals surface area (Å²) < 4.78 is 52.1.